The van der Waals surface area contributed by atoms with Crippen LogP contribution in [0.3, 0.4) is 0 Å². The van der Waals surface area contributed by atoms with E-state index in [1.807, 2.05) is 4.68 Å². The number of carbonyl (C=O) groups excluding carboxylic acids is 1. The maximum Gasteiger partial charge on any atom is 0.335 e. The summed E-state index contributed by atoms with van der Waals surface area (Å²) >= 11 is 1.30. The van der Waals surface area contributed by atoms with E-state index in [2.05, 4.69) is 33.0 Å². The van der Waals surface area contributed by atoms with Crippen LogP contribution in [-0.4, -0.2) is 42.9 Å². The Morgan fingerprint density at radius 1 is 1.23 bits per heavy atom. The van der Waals surface area contributed by atoms with Gasteiger partial charge in [0.15, 0.2) is 0 Å². The van der Waals surface area contributed by atoms with E-state index in [-0.39, 0.29) is 23.3 Å². The smallest absolute Gasteiger partial charge is 0.335 e. The molecule has 8 nitrogen and oxygen atoms in total. The zero-order valence-corrected chi connectivity index (χ0v) is 14.6. The zero-order chi connectivity index (χ0) is 18.1. The second kappa shape index (κ2) is 6.91. The lowest BCUT2D eigenvalue weighted by atomic mass is 10.0. The molecule has 134 valence electrons. The molecular weight excluding hydrogens is 354 g/mol. The highest BCUT2D eigenvalue weighted by Gasteiger charge is 2.38. The molecule has 0 radical (unpaired) electrons. The van der Waals surface area contributed by atoms with Crippen LogP contribution in [0.1, 0.15) is 29.2 Å². The number of nitrogens with one attached hydrogen (secondary N) is 1. The molecule has 0 spiro atoms. The SMILES string of the molecule is O=C(CSc1nnnn1[C@H]1C[C@H]2C=C[C@@H]1C2)Nc1ccc(C(=O)O)cc1. The number of anilines is 1. The van der Waals surface area contributed by atoms with Gasteiger partial charge in [-0.3, -0.25) is 4.79 Å². The van der Waals surface area contributed by atoms with Gasteiger partial charge >= 0.3 is 5.97 Å². The molecule has 0 aliphatic heterocycles. The molecule has 1 amide bonds. The van der Waals surface area contributed by atoms with Gasteiger partial charge in [-0.05, 0) is 59.4 Å². The number of amides is 1. The monoisotopic (exact) mass is 371 g/mol. The van der Waals surface area contributed by atoms with Crippen LogP contribution in [0.5, 0.6) is 0 Å². The molecule has 1 aromatic heterocycles. The molecule has 0 unspecified atom stereocenters. The van der Waals surface area contributed by atoms with Crippen molar-refractivity contribution in [3.8, 4) is 0 Å². The number of carboxylic acids is 1. The Morgan fingerprint density at radius 2 is 2.04 bits per heavy atom. The first kappa shape index (κ1) is 16.8. The minimum Gasteiger partial charge on any atom is -0.478 e. The highest BCUT2D eigenvalue weighted by atomic mass is 32.2. The lowest BCUT2D eigenvalue weighted by molar-refractivity contribution is -0.113. The Labute approximate surface area is 153 Å². The molecule has 9 heteroatoms. The van der Waals surface area contributed by atoms with E-state index in [4.69, 9.17) is 5.11 Å². The summed E-state index contributed by atoms with van der Waals surface area (Å²) in [7, 11) is 0. The molecule has 1 heterocycles. The van der Waals surface area contributed by atoms with Crippen molar-refractivity contribution >= 4 is 29.3 Å². The first-order chi connectivity index (χ1) is 12.6. The van der Waals surface area contributed by atoms with Crippen molar-refractivity contribution in [2.45, 2.75) is 24.0 Å². The molecule has 1 aromatic carbocycles. The number of thioether (sulfide) groups is 1. The normalized spacial score (nSPS) is 23.3. The zero-order valence-electron chi connectivity index (χ0n) is 13.8. The Morgan fingerprint density at radius 3 is 2.69 bits per heavy atom. The van der Waals surface area contributed by atoms with E-state index in [0.717, 1.165) is 12.8 Å². The van der Waals surface area contributed by atoms with E-state index in [9.17, 15) is 9.59 Å². The third-order valence-corrected chi connectivity index (χ3v) is 5.70. The maximum absolute atomic E-state index is 12.1. The number of aromatic carboxylic acids is 1. The van der Waals surface area contributed by atoms with Crippen molar-refractivity contribution in [2.24, 2.45) is 11.8 Å². The Balaban J connectivity index is 1.34. The predicted octanol–water partition coefficient (Wildman–Crippen LogP) is 2.24. The average Bonchev–Trinajstić information content (AvgIpc) is 3.36. The van der Waals surface area contributed by atoms with E-state index in [1.54, 1.807) is 12.1 Å². The maximum atomic E-state index is 12.1. The van der Waals surface area contributed by atoms with E-state index in [0.29, 0.717) is 22.7 Å². The van der Waals surface area contributed by atoms with Gasteiger partial charge in [0.1, 0.15) is 0 Å². The highest BCUT2D eigenvalue weighted by Crippen LogP contribution is 2.46. The van der Waals surface area contributed by atoms with Crippen LogP contribution >= 0.6 is 11.8 Å². The molecule has 4 rings (SSSR count). The summed E-state index contributed by atoms with van der Waals surface area (Å²) in [5.74, 6) is 0.0762. The Bertz CT molecular complexity index is 864. The summed E-state index contributed by atoms with van der Waals surface area (Å²) in [6.07, 6.45) is 6.70. The van der Waals surface area contributed by atoms with Crippen LogP contribution in [0.2, 0.25) is 0 Å². The summed E-state index contributed by atoms with van der Waals surface area (Å²) in [4.78, 5) is 23.0. The quantitative estimate of drug-likeness (QED) is 0.592. The topological polar surface area (TPSA) is 110 Å². The molecule has 0 saturated heterocycles. The summed E-state index contributed by atoms with van der Waals surface area (Å²) in [6, 6.07) is 6.31. The van der Waals surface area contributed by atoms with Crippen molar-refractivity contribution in [3.05, 3.63) is 42.0 Å². The van der Waals surface area contributed by atoms with Crippen molar-refractivity contribution < 1.29 is 14.7 Å². The van der Waals surface area contributed by atoms with Crippen LogP contribution in [0.4, 0.5) is 5.69 Å². The number of nitrogens with zero attached hydrogens (tertiary/aromatic N) is 4. The van der Waals surface area contributed by atoms with E-state index >= 15 is 0 Å². The van der Waals surface area contributed by atoms with Crippen LogP contribution in [0.15, 0.2) is 41.6 Å². The number of hydrogen-bond acceptors (Lipinski definition) is 6. The second-order valence-corrected chi connectivity index (χ2v) is 7.42. The molecule has 2 N–H and O–H groups in total. The summed E-state index contributed by atoms with van der Waals surface area (Å²) in [6.45, 7) is 0. The van der Waals surface area contributed by atoms with Gasteiger partial charge in [0, 0.05) is 5.69 Å². The standard InChI is InChI=1S/C17H17N5O3S/c23-15(18-13-5-3-11(4-6-13)16(24)25)9-26-17-19-20-21-22(17)14-8-10-1-2-12(14)7-10/h1-6,10,12,14H,7-9H2,(H,18,23)(H,24,25)/t10-,12+,14-/m0/s1. The van der Waals surface area contributed by atoms with Gasteiger partial charge in [-0.25, -0.2) is 9.48 Å². The fourth-order valence-electron chi connectivity index (χ4n) is 3.54. The Hall–Kier alpha value is -2.68. The Kier molecular flexibility index (Phi) is 4.46. The molecule has 26 heavy (non-hydrogen) atoms. The number of fused-ring (bicyclic) bond motifs is 2. The molecule has 3 atom stereocenters. The minimum atomic E-state index is -0.999. The number of tetrazole rings is 1. The first-order valence-corrected chi connectivity index (χ1v) is 9.31. The third-order valence-electron chi connectivity index (χ3n) is 4.77. The van der Waals surface area contributed by atoms with Crippen molar-refractivity contribution in [1.29, 1.82) is 0 Å². The lowest BCUT2D eigenvalue weighted by Gasteiger charge is -2.18. The summed E-state index contributed by atoms with van der Waals surface area (Å²) in [5, 5.41) is 24.2. The molecule has 1 fully saturated rings. The fourth-order valence-corrected chi connectivity index (χ4v) is 4.28. The predicted molar refractivity (Wildman–Crippen MR) is 95.0 cm³/mol. The van der Waals surface area contributed by atoms with E-state index < -0.39 is 5.97 Å². The summed E-state index contributed by atoms with van der Waals surface area (Å²) < 4.78 is 1.84. The molecule has 2 bridgehead atoms. The van der Waals surface area contributed by atoms with Gasteiger partial charge in [-0.2, -0.15) is 0 Å². The largest absolute Gasteiger partial charge is 0.478 e. The lowest BCUT2D eigenvalue weighted by Crippen LogP contribution is -2.18. The van der Waals surface area contributed by atoms with Gasteiger partial charge in [-0.1, -0.05) is 23.9 Å². The number of allylic oxidation sites excluding steroid dienone is 2. The number of hydrogen-bond donors (Lipinski definition) is 2. The number of rotatable bonds is 6. The van der Waals surface area contributed by atoms with E-state index in [1.165, 1.54) is 23.9 Å². The van der Waals surface area contributed by atoms with Gasteiger partial charge < -0.3 is 10.4 Å². The second-order valence-electron chi connectivity index (χ2n) is 6.47. The van der Waals surface area contributed by atoms with Crippen LogP contribution < -0.4 is 5.32 Å². The van der Waals surface area contributed by atoms with Crippen LogP contribution in [-0.2, 0) is 4.79 Å². The van der Waals surface area contributed by atoms with Gasteiger partial charge in [0.25, 0.3) is 0 Å². The number of carboxylic acid groups (broad SMARTS) is 1. The molecule has 2 aliphatic carbocycles. The number of benzene rings is 1. The van der Waals surface area contributed by atoms with Gasteiger partial charge in [0.2, 0.25) is 11.1 Å². The average molecular weight is 371 g/mol. The minimum absolute atomic E-state index is 0.177. The molecule has 2 aliphatic rings. The van der Waals surface area contributed by atoms with Crippen LogP contribution in [0, 0.1) is 11.8 Å². The first-order valence-electron chi connectivity index (χ1n) is 8.32. The summed E-state index contributed by atoms with van der Waals surface area (Å²) in [5.41, 5.74) is 0.731. The van der Waals surface area contributed by atoms with Gasteiger partial charge in [-0.15, -0.1) is 5.10 Å². The van der Waals surface area contributed by atoms with Crippen LogP contribution in [0.25, 0.3) is 0 Å². The number of carbonyl (C=O) groups is 2. The molecular formula is C17H17N5O3S. The van der Waals surface area contributed by atoms with Crippen molar-refractivity contribution in [3.63, 3.8) is 0 Å². The van der Waals surface area contributed by atoms with Crippen molar-refractivity contribution in [1.82, 2.24) is 20.2 Å². The number of aromatic nitrogens is 4. The molecule has 2 aromatic rings. The van der Waals surface area contributed by atoms with Crippen molar-refractivity contribution in [2.75, 3.05) is 11.1 Å². The third kappa shape index (κ3) is 3.34. The fraction of sp³-hybridized carbons (Fsp3) is 0.353. The molecule has 1 saturated carbocycles. The van der Waals surface area contributed by atoms with Gasteiger partial charge in [0.05, 0.1) is 17.4 Å². The highest BCUT2D eigenvalue weighted by molar-refractivity contribution is 7.99.